The van der Waals surface area contributed by atoms with Gasteiger partial charge in [0.05, 0.1) is 6.10 Å². The van der Waals surface area contributed by atoms with Gasteiger partial charge in [-0.15, -0.1) is 0 Å². The molecule has 74 valence electrons. The average Bonchev–Trinajstić information content (AvgIpc) is 2.75. The van der Waals surface area contributed by atoms with E-state index in [0.717, 1.165) is 30.7 Å². The van der Waals surface area contributed by atoms with Crippen LogP contribution in [0, 0.1) is 11.8 Å². The molecule has 3 rings (SSSR count). The molecule has 2 heteroatoms. The third-order valence-corrected chi connectivity index (χ3v) is 4.19. The highest BCUT2D eigenvalue weighted by Crippen LogP contribution is 2.46. The molecule has 2 saturated carbocycles. The van der Waals surface area contributed by atoms with Crippen LogP contribution in [0.5, 0.6) is 0 Å². The molecule has 2 unspecified atom stereocenters. The zero-order chi connectivity index (χ0) is 8.84. The van der Waals surface area contributed by atoms with Crippen molar-refractivity contribution in [2.75, 3.05) is 13.1 Å². The van der Waals surface area contributed by atoms with E-state index in [9.17, 15) is 5.11 Å². The van der Waals surface area contributed by atoms with E-state index in [1.54, 1.807) is 0 Å². The number of nitrogens with zero attached hydrogens (tertiary/aromatic N) is 1. The van der Waals surface area contributed by atoms with Gasteiger partial charge in [0.25, 0.3) is 0 Å². The van der Waals surface area contributed by atoms with Crippen LogP contribution < -0.4 is 0 Å². The summed E-state index contributed by atoms with van der Waals surface area (Å²) in [6.45, 7) is 2.73. The Kier molecular flexibility index (Phi) is 1.88. The minimum Gasteiger partial charge on any atom is -0.393 e. The fourth-order valence-corrected chi connectivity index (χ4v) is 3.16. The summed E-state index contributed by atoms with van der Waals surface area (Å²) in [5.74, 6) is 2.12. The van der Waals surface area contributed by atoms with E-state index in [1.165, 1.54) is 32.4 Å². The first-order valence-electron chi connectivity index (χ1n) is 5.75. The van der Waals surface area contributed by atoms with Crippen LogP contribution in [0.25, 0.3) is 0 Å². The smallest absolute Gasteiger partial charge is 0.0541 e. The second-order valence-electron chi connectivity index (χ2n) is 5.17. The zero-order valence-corrected chi connectivity index (χ0v) is 8.15. The van der Waals surface area contributed by atoms with Crippen molar-refractivity contribution in [2.24, 2.45) is 11.8 Å². The van der Waals surface area contributed by atoms with Crippen LogP contribution in [-0.4, -0.2) is 35.2 Å². The summed E-state index contributed by atoms with van der Waals surface area (Å²) in [4.78, 5) is 2.69. The predicted molar refractivity (Wildman–Crippen MR) is 51.4 cm³/mol. The lowest BCUT2D eigenvalue weighted by molar-refractivity contribution is 0.0791. The third-order valence-electron chi connectivity index (χ3n) is 4.19. The molecule has 1 heterocycles. The number of hydrogen-bond donors (Lipinski definition) is 1. The summed E-state index contributed by atoms with van der Waals surface area (Å²) in [7, 11) is 0. The molecule has 3 fully saturated rings. The van der Waals surface area contributed by atoms with Crippen molar-refractivity contribution in [3.8, 4) is 0 Å². The molecular formula is C11H19NO. The molecule has 3 aliphatic rings. The molecule has 0 bridgehead atoms. The van der Waals surface area contributed by atoms with Gasteiger partial charge < -0.3 is 5.11 Å². The van der Waals surface area contributed by atoms with Crippen LogP contribution in [0.15, 0.2) is 0 Å². The van der Waals surface area contributed by atoms with Crippen molar-refractivity contribution in [2.45, 2.75) is 44.2 Å². The highest BCUT2D eigenvalue weighted by molar-refractivity contribution is 4.99. The molecule has 1 aliphatic heterocycles. The van der Waals surface area contributed by atoms with Crippen LogP contribution in [0.1, 0.15) is 32.1 Å². The first-order chi connectivity index (χ1) is 6.33. The number of rotatable bonds is 1. The van der Waals surface area contributed by atoms with Crippen LogP contribution in [0.3, 0.4) is 0 Å². The van der Waals surface area contributed by atoms with Gasteiger partial charge in [-0.2, -0.15) is 0 Å². The zero-order valence-electron chi connectivity index (χ0n) is 8.15. The second kappa shape index (κ2) is 2.96. The van der Waals surface area contributed by atoms with E-state index in [2.05, 4.69) is 4.90 Å². The summed E-state index contributed by atoms with van der Waals surface area (Å²) in [5.41, 5.74) is 0. The summed E-state index contributed by atoms with van der Waals surface area (Å²) >= 11 is 0. The van der Waals surface area contributed by atoms with Gasteiger partial charge in [0.15, 0.2) is 0 Å². The summed E-state index contributed by atoms with van der Waals surface area (Å²) in [6, 6.07) is 0.816. The predicted octanol–water partition coefficient (Wildman–Crippen LogP) is 1.24. The fourth-order valence-electron chi connectivity index (χ4n) is 3.16. The van der Waals surface area contributed by atoms with E-state index in [-0.39, 0.29) is 6.10 Å². The average molecular weight is 181 g/mol. The third kappa shape index (κ3) is 1.50. The highest BCUT2D eigenvalue weighted by Gasteiger charge is 2.46. The Morgan fingerprint density at radius 3 is 2.15 bits per heavy atom. The minimum atomic E-state index is 0.00777. The molecule has 1 N–H and O–H groups in total. The van der Waals surface area contributed by atoms with Crippen molar-refractivity contribution < 1.29 is 5.11 Å². The lowest BCUT2D eigenvalue weighted by atomic mass is 9.92. The molecule has 0 aromatic heterocycles. The molecule has 0 radical (unpaired) electrons. The minimum absolute atomic E-state index is 0.00777. The molecular weight excluding hydrogens is 162 g/mol. The highest BCUT2D eigenvalue weighted by atomic mass is 16.3. The molecule has 13 heavy (non-hydrogen) atoms. The van der Waals surface area contributed by atoms with Crippen LogP contribution in [0.2, 0.25) is 0 Å². The first kappa shape index (κ1) is 8.25. The normalized spacial score (nSPS) is 50.5. The number of aliphatic hydroxyl groups excluding tert-OH is 1. The van der Waals surface area contributed by atoms with Crippen molar-refractivity contribution in [1.82, 2.24) is 4.90 Å². The van der Waals surface area contributed by atoms with Crippen molar-refractivity contribution in [3.05, 3.63) is 0 Å². The first-order valence-corrected chi connectivity index (χ1v) is 5.75. The second-order valence-corrected chi connectivity index (χ2v) is 5.17. The number of aliphatic hydroxyl groups is 1. The van der Waals surface area contributed by atoms with Crippen molar-refractivity contribution in [1.29, 1.82) is 0 Å². The van der Waals surface area contributed by atoms with Gasteiger partial charge in [0.2, 0.25) is 0 Å². The van der Waals surface area contributed by atoms with Crippen LogP contribution >= 0.6 is 0 Å². The van der Waals surface area contributed by atoms with E-state index >= 15 is 0 Å². The topological polar surface area (TPSA) is 23.5 Å². The maximum Gasteiger partial charge on any atom is 0.0541 e. The Balaban J connectivity index is 1.54. The Bertz CT molecular complexity index is 188. The summed E-state index contributed by atoms with van der Waals surface area (Å²) < 4.78 is 0. The largest absolute Gasteiger partial charge is 0.393 e. The maximum absolute atomic E-state index is 9.41. The van der Waals surface area contributed by atoms with Crippen molar-refractivity contribution in [3.63, 3.8) is 0 Å². The Morgan fingerprint density at radius 2 is 1.54 bits per heavy atom. The molecule has 0 spiro atoms. The molecule has 0 aromatic rings. The monoisotopic (exact) mass is 181 g/mol. The molecule has 2 nitrogen and oxygen atoms in total. The maximum atomic E-state index is 9.41. The Labute approximate surface area is 79.9 Å². The number of piperidine rings is 1. The molecule has 0 amide bonds. The van der Waals surface area contributed by atoms with Gasteiger partial charge in [0, 0.05) is 19.1 Å². The van der Waals surface area contributed by atoms with Gasteiger partial charge in [0.1, 0.15) is 0 Å². The molecule has 0 aromatic carbocycles. The van der Waals surface area contributed by atoms with E-state index < -0.39 is 0 Å². The number of likely N-dealkylation sites (tertiary alicyclic amines) is 1. The van der Waals surface area contributed by atoms with Gasteiger partial charge in [-0.25, -0.2) is 0 Å². The van der Waals surface area contributed by atoms with E-state index in [4.69, 9.17) is 0 Å². The Morgan fingerprint density at radius 1 is 0.923 bits per heavy atom. The van der Waals surface area contributed by atoms with Crippen LogP contribution in [0.4, 0.5) is 0 Å². The lowest BCUT2D eigenvalue weighted by Gasteiger charge is -2.33. The molecule has 2 aliphatic carbocycles. The number of fused-ring (bicyclic) bond motifs is 1. The van der Waals surface area contributed by atoms with Gasteiger partial charge in [-0.3, -0.25) is 4.90 Å². The standard InChI is InChI=1S/C11H19NO/c13-11-3-1-10(2-4-11)12-6-8-5-9(8)7-12/h8-11,13H,1-7H2. The molecule has 2 atom stereocenters. The SMILES string of the molecule is OC1CCC(N2CC3CC3C2)CC1. The number of hydrogen-bond acceptors (Lipinski definition) is 2. The van der Waals surface area contributed by atoms with Crippen molar-refractivity contribution >= 4 is 0 Å². The van der Waals surface area contributed by atoms with Gasteiger partial charge in [-0.05, 0) is 43.9 Å². The fraction of sp³-hybridized carbons (Fsp3) is 1.00. The lowest BCUT2D eigenvalue weighted by Crippen LogP contribution is -2.38. The van der Waals surface area contributed by atoms with E-state index in [0.29, 0.717) is 0 Å². The van der Waals surface area contributed by atoms with E-state index in [1.807, 2.05) is 0 Å². The quantitative estimate of drug-likeness (QED) is 0.658. The Hall–Kier alpha value is -0.0800. The molecule has 1 saturated heterocycles. The summed E-state index contributed by atoms with van der Waals surface area (Å²) in [5, 5.41) is 9.41. The van der Waals surface area contributed by atoms with Gasteiger partial charge in [-0.1, -0.05) is 0 Å². The van der Waals surface area contributed by atoms with Crippen LogP contribution in [-0.2, 0) is 0 Å². The summed E-state index contributed by atoms with van der Waals surface area (Å²) in [6.07, 6.45) is 6.06. The van der Waals surface area contributed by atoms with Gasteiger partial charge >= 0.3 is 0 Å².